The smallest absolute Gasteiger partial charge is 0.283 e. The summed E-state index contributed by atoms with van der Waals surface area (Å²) in [7, 11) is 0. The molecule has 0 fully saturated rings. The minimum atomic E-state index is -0.493. The third kappa shape index (κ3) is 3.53. The first-order valence-corrected chi connectivity index (χ1v) is 9.95. The van der Waals surface area contributed by atoms with Crippen molar-refractivity contribution in [2.45, 2.75) is 13.8 Å². The lowest BCUT2D eigenvalue weighted by molar-refractivity contribution is -0.114. The largest absolute Gasteiger partial charge is 0.457 e. The Morgan fingerprint density at radius 2 is 1.93 bits per heavy atom. The van der Waals surface area contributed by atoms with E-state index in [1.807, 2.05) is 13.8 Å². The van der Waals surface area contributed by atoms with Gasteiger partial charge in [0.05, 0.1) is 5.57 Å². The quantitative estimate of drug-likeness (QED) is 0.646. The van der Waals surface area contributed by atoms with Crippen LogP contribution in [0.4, 0.5) is 0 Å². The lowest BCUT2D eigenvalue weighted by atomic mass is 10.1. The summed E-state index contributed by atoms with van der Waals surface area (Å²) in [5.74, 6) is 0.630. The number of furan rings is 1. The van der Waals surface area contributed by atoms with E-state index in [0.717, 1.165) is 10.6 Å². The lowest BCUT2D eigenvalue weighted by Gasteiger charge is -2.19. The number of thioether (sulfide) groups is 1. The Kier molecular flexibility index (Phi) is 4.91. The number of hydrazone groups is 1. The molecule has 9 heteroatoms. The predicted molar refractivity (Wildman–Crippen MR) is 114 cm³/mol. The zero-order chi connectivity index (χ0) is 20.0. The number of rotatable bonds is 3. The maximum absolute atomic E-state index is 12.4. The van der Waals surface area contributed by atoms with Crippen molar-refractivity contribution in [3.63, 3.8) is 0 Å². The van der Waals surface area contributed by atoms with Crippen LogP contribution in [0, 0.1) is 11.3 Å². The Bertz CT molecular complexity index is 1080. The summed E-state index contributed by atoms with van der Waals surface area (Å²) in [4.78, 5) is 16.5. The summed E-state index contributed by atoms with van der Waals surface area (Å²) in [6.45, 7) is 4.00. The number of nitrogens with zero attached hydrogens (tertiary/aromatic N) is 3. The van der Waals surface area contributed by atoms with Gasteiger partial charge in [-0.1, -0.05) is 37.0 Å². The Morgan fingerprint density at radius 1 is 1.21 bits per heavy atom. The highest BCUT2D eigenvalue weighted by Crippen LogP contribution is 2.32. The second-order valence-corrected chi connectivity index (χ2v) is 8.33. The molecule has 1 aromatic heterocycles. The molecule has 28 heavy (non-hydrogen) atoms. The third-order valence-corrected chi connectivity index (χ3v) is 5.67. The Morgan fingerprint density at radius 3 is 2.61 bits per heavy atom. The van der Waals surface area contributed by atoms with Crippen LogP contribution < -0.4 is 0 Å². The molecule has 3 heterocycles. The van der Waals surface area contributed by atoms with Crippen LogP contribution in [0.5, 0.6) is 0 Å². The Hall–Kier alpha value is -2.35. The summed E-state index contributed by atoms with van der Waals surface area (Å²) in [5, 5.41) is 16.4. The van der Waals surface area contributed by atoms with Gasteiger partial charge in [-0.15, -0.1) is 0 Å². The van der Waals surface area contributed by atoms with Crippen LogP contribution in [0.15, 0.2) is 50.4 Å². The molecule has 6 nitrogen and oxygen atoms in total. The molecule has 1 amide bonds. The molecular weight excluding hydrogens is 419 g/mol. The fourth-order valence-corrected chi connectivity index (χ4v) is 4.08. The number of amides is 1. The van der Waals surface area contributed by atoms with E-state index in [0.29, 0.717) is 26.7 Å². The average Bonchev–Trinajstić information content (AvgIpc) is 3.25. The van der Waals surface area contributed by atoms with Gasteiger partial charge in [0, 0.05) is 21.5 Å². The Labute approximate surface area is 175 Å². The molecule has 0 radical (unpaired) electrons. The van der Waals surface area contributed by atoms with E-state index in [4.69, 9.17) is 33.0 Å². The van der Waals surface area contributed by atoms with Crippen LogP contribution in [0.2, 0.25) is 10.0 Å². The van der Waals surface area contributed by atoms with Crippen molar-refractivity contribution in [1.82, 2.24) is 5.01 Å². The van der Waals surface area contributed by atoms with E-state index in [9.17, 15) is 4.79 Å². The molecule has 142 valence electrons. The second kappa shape index (κ2) is 7.24. The van der Waals surface area contributed by atoms with Crippen LogP contribution in [-0.4, -0.2) is 27.0 Å². The van der Waals surface area contributed by atoms with Crippen LogP contribution in [0.1, 0.15) is 19.6 Å². The first kappa shape index (κ1) is 19.0. The van der Waals surface area contributed by atoms with Crippen molar-refractivity contribution in [2.24, 2.45) is 16.0 Å². The van der Waals surface area contributed by atoms with E-state index < -0.39 is 5.91 Å². The SMILES string of the molecule is CC(C)C1=NN2C(=N)/C(=C/c3ccc(-c4cc(Cl)cc(Cl)c4)o3)C(=O)N=C2S1. The zero-order valence-corrected chi connectivity index (χ0v) is 17.2. The molecule has 0 atom stereocenters. The van der Waals surface area contributed by atoms with Gasteiger partial charge in [0.15, 0.2) is 5.84 Å². The van der Waals surface area contributed by atoms with Gasteiger partial charge >= 0.3 is 0 Å². The molecule has 1 N–H and O–H groups in total. The number of aliphatic imine (C=N–C) groups is 1. The molecule has 0 spiro atoms. The fourth-order valence-electron chi connectivity index (χ4n) is 2.66. The highest BCUT2D eigenvalue weighted by atomic mass is 35.5. The van der Waals surface area contributed by atoms with Gasteiger partial charge in [0.25, 0.3) is 5.91 Å². The molecule has 1 aromatic carbocycles. The van der Waals surface area contributed by atoms with Crippen molar-refractivity contribution in [1.29, 1.82) is 5.41 Å². The zero-order valence-electron chi connectivity index (χ0n) is 14.9. The summed E-state index contributed by atoms with van der Waals surface area (Å²) in [6.07, 6.45) is 1.49. The number of carbonyl (C=O) groups is 1. The molecule has 0 bridgehead atoms. The molecular formula is C19H14Cl2N4O2S. The first-order valence-electron chi connectivity index (χ1n) is 8.38. The van der Waals surface area contributed by atoms with Crippen LogP contribution in [0.25, 0.3) is 17.4 Å². The summed E-state index contributed by atoms with van der Waals surface area (Å²) >= 11 is 13.4. The predicted octanol–water partition coefficient (Wildman–Crippen LogP) is 5.53. The van der Waals surface area contributed by atoms with Crippen molar-refractivity contribution in [3.05, 3.63) is 51.7 Å². The monoisotopic (exact) mass is 432 g/mol. The van der Waals surface area contributed by atoms with E-state index >= 15 is 0 Å². The number of carbonyl (C=O) groups excluding carboxylic acids is 1. The number of amidine groups is 2. The van der Waals surface area contributed by atoms with Gasteiger partial charge in [-0.3, -0.25) is 10.2 Å². The molecule has 0 saturated carbocycles. The van der Waals surface area contributed by atoms with Gasteiger partial charge in [-0.05, 0) is 48.2 Å². The van der Waals surface area contributed by atoms with Crippen LogP contribution in [0.3, 0.4) is 0 Å². The van der Waals surface area contributed by atoms with Gasteiger partial charge in [0.2, 0.25) is 5.17 Å². The second-order valence-electron chi connectivity index (χ2n) is 6.47. The van der Waals surface area contributed by atoms with E-state index in [-0.39, 0.29) is 17.3 Å². The van der Waals surface area contributed by atoms with Gasteiger partial charge in [-0.2, -0.15) is 15.1 Å². The maximum atomic E-state index is 12.4. The number of hydrogen-bond acceptors (Lipinski definition) is 5. The Balaban J connectivity index is 1.66. The van der Waals surface area contributed by atoms with Crippen molar-refractivity contribution in [2.75, 3.05) is 0 Å². The van der Waals surface area contributed by atoms with Crippen molar-refractivity contribution in [3.8, 4) is 11.3 Å². The van der Waals surface area contributed by atoms with E-state index in [1.165, 1.54) is 22.8 Å². The first-order chi connectivity index (χ1) is 13.3. The number of nitrogens with one attached hydrogen (secondary N) is 1. The molecule has 0 aliphatic carbocycles. The molecule has 4 rings (SSSR count). The number of fused-ring (bicyclic) bond motifs is 1. The molecule has 2 aromatic rings. The molecule has 0 saturated heterocycles. The highest BCUT2D eigenvalue weighted by molar-refractivity contribution is 8.27. The number of hydrogen-bond donors (Lipinski definition) is 1. The lowest BCUT2D eigenvalue weighted by Crippen LogP contribution is -2.35. The minimum absolute atomic E-state index is 0.0260. The van der Waals surface area contributed by atoms with E-state index in [2.05, 4.69) is 10.1 Å². The number of halogens is 2. The average molecular weight is 433 g/mol. The minimum Gasteiger partial charge on any atom is -0.457 e. The van der Waals surface area contributed by atoms with Gasteiger partial charge < -0.3 is 4.42 Å². The normalized spacial score (nSPS) is 18.0. The highest BCUT2D eigenvalue weighted by Gasteiger charge is 2.36. The van der Waals surface area contributed by atoms with Gasteiger partial charge in [0.1, 0.15) is 16.6 Å². The van der Waals surface area contributed by atoms with Crippen LogP contribution >= 0.6 is 35.0 Å². The third-order valence-electron chi connectivity index (χ3n) is 4.02. The van der Waals surface area contributed by atoms with Crippen LogP contribution in [-0.2, 0) is 4.79 Å². The maximum Gasteiger partial charge on any atom is 0.283 e. The van der Waals surface area contributed by atoms with E-state index in [1.54, 1.807) is 30.3 Å². The van der Waals surface area contributed by atoms with Gasteiger partial charge in [-0.25, -0.2) is 0 Å². The number of benzene rings is 1. The topological polar surface area (TPSA) is 82.0 Å². The molecule has 2 aliphatic rings. The molecule has 0 unspecified atom stereocenters. The van der Waals surface area contributed by atoms with Crippen molar-refractivity contribution < 1.29 is 9.21 Å². The standard InChI is InChI=1S/C19H14Cl2N4O2S/c1-9(2)18-24-25-16(22)14(17(26)23-19(25)28-18)8-13-3-4-15(27-13)10-5-11(20)7-12(21)6-10/h3-9,22H,1-2H3/b14-8-,22-16?. The van der Waals surface area contributed by atoms with Crippen molar-refractivity contribution >= 4 is 63.0 Å². The summed E-state index contributed by atoms with van der Waals surface area (Å²) in [5.41, 5.74) is 0.831. The summed E-state index contributed by atoms with van der Waals surface area (Å²) < 4.78 is 5.80. The molecule has 2 aliphatic heterocycles. The summed E-state index contributed by atoms with van der Waals surface area (Å²) in [6, 6.07) is 8.56. The fraction of sp³-hybridized carbons (Fsp3) is 0.158.